The molecule has 1 aromatic heterocycles. The third-order valence-electron chi connectivity index (χ3n) is 3.81. The first-order valence-corrected chi connectivity index (χ1v) is 8.95. The fourth-order valence-electron chi connectivity index (χ4n) is 2.54. The minimum absolute atomic E-state index is 0.227. The number of nitrogens with zero attached hydrogens (tertiary/aromatic N) is 1. The number of H-pyrrole nitrogens is 2. The molecule has 10 heteroatoms. The van der Waals surface area contributed by atoms with Crippen LogP contribution in [0, 0.1) is 10.1 Å². The van der Waals surface area contributed by atoms with E-state index >= 15 is 0 Å². The molecule has 0 aliphatic carbocycles. The van der Waals surface area contributed by atoms with Crippen molar-refractivity contribution in [3.05, 3.63) is 100 Å². The first-order valence-electron chi connectivity index (χ1n) is 8.19. The maximum Gasteiger partial charge on any atom is 0.357 e. The van der Waals surface area contributed by atoms with E-state index in [0.29, 0.717) is 21.4 Å². The summed E-state index contributed by atoms with van der Waals surface area (Å²) in [6.45, 7) is 0.227. The van der Waals surface area contributed by atoms with Gasteiger partial charge in [0.25, 0.3) is 0 Å². The highest BCUT2D eigenvalue weighted by Gasteiger charge is 2.19. The molecule has 2 N–H and O–H groups in total. The molecule has 2 aromatic carbocycles. The van der Waals surface area contributed by atoms with Crippen LogP contribution in [0.3, 0.4) is 0 Å². The molecule has 0 fully saturated rings. The van der Waals surface area contributed by atoms with E-state index in [0.717, 1.165) is 5.56 Å². The minimum Gasteiger partial charge on any atom is -0.488 e. The second-order valence-corrected chi connectivity index (χ2v) is 6.73. The van der Waals surface area contributed by atoms with Gasteiger partial charge in [0.2, 0.25) is 0 Å². The second kappa shape index (κ2) is 8.76. The molecule has 0 atom stereocenters. The van der Waals surface area contributed by atoms with Gasteiger partial charge in [-0.05, 0) is 48.0 Å². The van der Waals surface area contributed by atoms with Crippen LogP contribution in [0.25, 0.3) is 12.2 Å². The lowest BCUT2D eigenvalue weighted by atomic mass is 10.1. The van der Waals surface area contributed by atoms with Crippen molar-refractivity contribution in [2.24, 2.45) is 0 Å². The van der Waals surface area contributed by atoms with Crippen LogP contribution < -0.4 is 16.0 Å². The highest BCUT2D eigenvalue weighted by molar-refractivity contribution is 6.31. The van der Waals surface area contributed by atoms with Gasteiger partial charge in [0.1, 0.15) is 18.1 Å². The van der Waals surface area contributed by atoms with Gasteiger partial charge in [-0.15, -0.1) is 0 Å². The van der Waals surface area contributed by atoms with Crippen molar-refractivity contribution in [3.63, 3.8) is 0 Å². The number of hydrogen-bond donors (Lipinski definition) is 2. The molecule has 0 saturated carbocycles. The number of ether oxygens (including phenoxy) is 1. The number of hydrogen-bond acceptors (Lipinski definition) is 5. The average molecular weight is 434 g/mol. The Labute approximate surface area is 173 Å². The lowest BCUT2D eigenvalue weighted by molar-refractivity contribution is -0.386. The van der Waals surface area contributed by atoms with Crippen molar-refractivity contribution < 1.29 is 9.66 Å². The number of rotatable bonds is 6. The van der Waals surface area contributed by atoms with Gasteiger partial charge in [0, 0.05) is 15.6 Å². The zero-order valence-electron chi connectivity index (χ0n) is 14.6. The molecule has 3 aromatic rings. The zero-order chi connectivity index (χ0) is 21.0. The first kappa shape index (κ1) is 20.4. The van der Waals surface area contributed by atoms with Crippen molar-refractivity contribution in [1.29, 1.82) is 0 Å². The fraction of sp³-hybridized carbons (Fsp3) is 0.0526. The molecule has 29 heavy (non-hydrogen) atoms. The van der Waals surface area contributed by atoms with Crippen LogP contribution in [-0.2, 0) is 6.61 Å². The van der Waals surface area contributed by atoms with Gasteiger partial charge >= 0.3 is 16.9 Å². The number of nitrogens with one attached hydrogen (secondary N) is 2. The second-order valence-electron chi connectivity index (χ2n) is 5.86. The summed E-state index contributed by atoms with van der Waals surface area (Å²) in [7, 11) is 0. The number of benzene rings is 2. The Morgan fingerprint density at radius 3 is 2.52 bits per heavy atom. The van der Waals surface area contributed by atoms with E-state index in [9.17, 15) is 19.7 Å². The minimum atomic E-state index is -1.10. The maximum atomic E-state index is 11.7. The molecule has 0 aliphatic heterocycles. The molecule has 148 valence electrons. The maximum absolute atomic E-state index is 11.7. The standard InChI is InChI=1S/C19H13Cl2N3O5/c20-13-3-1-2-11(8-13)10-29-16-7-5-14(21)9-12(16)4-6-15-17(24(27)28)18(25)23-19(26)22-15/h1-9H,10H2,(H2,22,23,25,26)/b6-4+. The average Bonchev–Trinajstić information content (AvgIpc) is 2.64. The third-order valence-corrected chi connectivity index (χ3v) is 4.28. The predicted molar refractivity (Wildman–Crippen MR) is 111 cm³/mol. The zero-order valence-corrected chi connectivity index (χ0v) is 16.2. The molecule has 0 spiro atoms. The van der Waals surface area contributed by atoms with Gasteiger partial charge < -0.3 is 9.72 Å². The SMILES string of the molecule is O=c1[nH]c(/C=C/c2cc(Cl)ccc2OCc2cccc(Cl)c2)c([N+](=O)[O-])c(=O)[nH]1. The van der Waals surface area contributed by atoms with E-state index in [-0.39, 0.29) is 12.3 Å². The predicted octanol–water partition coefficient (Wildman–Crippen LogP) is 4.03. The summed E-state index contributed by atoms with van der Waals surface area (Å²) in [4.78, 5) is 37.5. The van der Waals surface area contributed by atoms with Crippen molar-refractivity contribution in [2.75, 3.05) is 0 Å². The van der Waals surface area contributed by atoms with Gasteiger partial charge in [-0.1, -0.05) is 35.3 Å². The molecule has 0 unspecified atom stereocenters. The summed E-state index contributed by atoms with van der Waals surface area (Å²) in [5.41, 5.74) is -1.63. The summed E-state index contributed by atoms with van der Waals surface area (Å²) in [5, 5.41) is 12.1. The van der Waals surface area contributed by atoms with Crippen LogP contribution in [-0.4, -0.2) is 14.9 Å². The van der Waals surface area contributed by atoms with Crippen LogP contribution in [0.5, 0.6) is 5.75 Å². The van der Waals surface area contributed by atoms with E-state index in [1.54, 1.807) is 36.4 Å². The molecule has 0 saturated heterocycles. The number of aromatic amines is 2. The van der Waals surface area contributed by atoms with Crippen LogP contribution in [0.1, 0.15) is 16.8 Å². The molecule has 0 bridgehead atoms. The summed E-state index contributed by atoms with van der Waals surface area (Å²) in [6, 6.07) is 12.0. The van der Waals surface area contributed by atoms with Crippen molar-refractivity contribution in [1.82, 2.24) is 9.97 Å². The Kier molecular flexibility index (Phi) is 6.16. The van der Waals surface area contributed by atoms with Gasteiger partial charge in [0.15, 0.2) is 0 Å². The Morgan fingerprint density at radius 1 is 1.03 bits per heavy atom. The van der Waals surface area contributed by atoms with Crippen LogP contribution >= 0.6 is 23.2 Å². The summed E-state index contributed by atoms with van der Waals surface area (Å²) < 4.78 is 5.80. The Morgan fingerprint density at radius 2 is 1.79 bits per heavy atom. The van der Waals surface area contributed by atoms with Gasteiger partial charge in [0.05, 0.1) is 4.92 Å². The molecular formula is C19H13Cl2N3O5. The summed E-state index contributed by atoms with van der Waals surface area (Å²) in [5.74, 6) is 0.445. The molecule has 3 rings (SSSR count). The highest BCUT2D eigenvalue weighted by Crippen LogP contribution is 2.26. The Hall–Kier alpha value is -3.36. The number of aromatic nitrogens is 2. The lowest BCUT2D eigenvalue weighted by Crippen LogP contribution is -2.25. The Balaban J connectivity index is 1.94. The van der Waals surface area contributed by atoms with Crippen molar-refractivity contribution >= 4 is 41.0 Å². The van der Waals surface area contributed by atoms with Crippen LogP contribution in [0.2, 0.25) is 10.0 Å². The van der Waals surface area contributed by atoms with Crippen LogP contribution in [0.4, 0.5) is 5.69 Å². The monoisotopic (exact) mass is 433 g/mol. The van der Waals surface area contributed by atoms with Gasteiger partial charge in [-0.2, -0.15) is 0 Å². The summed E-state index contributed by atoms with van der Waals surface area (Å²) in [6.07, 6.45) is 2.70. The molecular weight excluding hydrogens is 421 g/mol. The van der Waals surface area contributed by atoms with Crippen molar-refractivity contribution in [2.45, 2.75) is 6.61 Å². The van der Waals surface area contributed by atoms with Crippen LogP contribution in [0.15, 0.2) is 52.1 Å². The number of nitro groups is 1. The number of halogens is 2. The van der Waals surface area contributed by atoms with E-state index in [1.807, 2.05) is 11.1 Å². The van der Waals surface area contributed by atoms with Crippen molar-refractivity contribution in [3.8, 4) is 5.75 Å². The Bertz CT molecular complexity index is 1220. The third kappa shape index (κ3) is 5.13. The smallest absolute Gasteiger partial charge is 0.357 e. The van der Waals surface area contributed by atoms with E-state index in [2.05, 4.69) is 4.98 Å². The molecule has 1 heterocycles. The van der Waals surface area contributed by atoms with E-state index in [1.165, 1.54) is 12.2 Å². The van der Waals surface area contributed by atoms with E-state index in [4.69, 9.17) is 27.9 Å². The molecule has 0 radical (unpaired) electrons. The topological polar surface area (TPSA) is 118 Å². The molecule has 8 nitrogen and oxygen atoms in total. The normalized spacial score (nSPS) is 11.0. The quantitative estimate of drug-likeness (QED) is 0.449. The lowest BCUT2D eigenvalue weighted by Gasteiger charge is -2.10. The van der Waals surface area contributed by atoms with Gasteiger partial charge in [-0.3, -0.25) is 19.9 Å². The van der Waals surface area contributed by atoms with E-state index < -0.39 is 21.9 Å². The first-order chi connectivity index (χ1) is 13.8. The largest absolute Gasteiger partial charge is 0.488 e. The highest BCUT2D eigenvalue weighted by atomic mass is 35.5. The molecule has 0 amide bonds. The van der Waals surface area contributed by atoms with Gasteiger partial charge in [-0.25, -0.2) is 4.79 Å². The summed E-state index contributed by atoms with van der Waals surface area (Å²) >= 11 is 12.0. The molecule has 0 aliphatic rings. The fourth-order valence-corrected chi connectivity index (χ4v) is 2.93.